The van der Waals surface area contributed by atoms with Gasteiger partial charge < -0.3 is 10.0 Å². The molecule has 0 atom stereocenters. The highest BCUT2D eigenvalue weighted by Crippen LogP contribution is 2.36. The number of carboxylic acid groups (broad SMARTS) is 1. The second kappa shape index (κ2) is 8.03. The third-order valence-corrected chi connectivity index (χ3v) is 5.36. The SMILES string of the molecule is C=Cc1ccc(CSc2csc(NC(=O)N(C)C)c2C(=O)O)cc1. The normalized spacial score (nSPS) is 10.2. The maximum Gasteiger partial charge on any atom is 0.339 e. The monoisotopic (exact) mass is 362 g/mol. The van der Waals surface area contributed by atoms with Crippen LogP contribution < -0.4 is 5.32 Å². The molecule has 0 spiro atoms. The predicted octanol–water partition coefficient (Wildman–Crippen LogP) is 4.48. The van der Waals surface area contributed by atoms with Gasteiger partial charge in [-0.1, -0.05) is 36.9 Å². The molecule has 2 N–H and O–H groups in total. The number of hydrogen-bond donors (Lipinski definition) is 2. The molecule has 0 aliphatic rings. The van der Waals surface area contributed by atoms with Gasteiger partial charge in [-0.25, -0.2) is 9.59 Å². The molecule has 2 rings (SSSR count). The highest BCUT2D eigenvalue weighted by molar-refractivity contribution is 7.98. The van der Waals surface area contributed by atoms with Crippen LogP contribution in [0.25, 0.3) is 6.08 Å². The fourth-order valence-corrected chi connectivity index (χ4v) is 4.00. The molecule has 0 saturated carbocycles. The number of nitrogens with one attached hydrogen (secondary N) is 1. The van der Waals surface area contributed by atoms with E-state index in [0.29, 0.717) is 15.6 Å². The third-order valence-electron chi connectivity index (χ3n) is 3.21. The summed E-state index contributed by atoms with van der Waals surface area (Å²) in [5.41, 5.74) is 2.27. The highest BCUT2D eigenvalue weighted by Gasteiger charge is 2.20. The summed E-state index contributed by atoms with van der Waals surface area (Å²) < 4.78 is 0. The number of amides is 2. The largest absolute Gasteiger partial charge is 0.478 e. The molecule has 0 radical (unpaired) electrons. The number of rotatable bonds is 6. The van der Waals surface area contributed by atoms with E-state index < -0.39 is 5.97 Å². The van der Waals surface area contributed by atoms with Crippen LogP contribution in [0.4, 0.5) is 9.80 Å². The van der Waals surface area contributed by atoms with Gasteiger partial charge in [0.15, 0.2) is 0 Å². The second-order valence-corrected chi connectivity index (χ2v) is 7.07. The number of urea groups is 1. The first-order valence-corrected chi connectivity index (χ1v) is 8.96. The summed E-state index contributed by atoms with van der Waals surface area (Å²) in [7, 11) is 3.21. The lowest BCUT2D eigenvalue weighted by Gasteiger charge is -2.11. The van der Waals surface area contributed by atoms with Crippen LogP contribution >= 0.6 is 23.1 Å². The van der Waals surface area contributed by atoms with E-state index in [4.69, 9.17) is 0 Å². The zero-order chi connectivity index (χ0) is 17.7. The maximum absolute atomic E-state index is 11.7. The van der Waals surface area contributed by atoms with Crippen molar-refractivity contribution < 1.29 is 14.7 Å². The van der Waals surface area contributed by atoms with Crippen molar-refractivity contribution in [2.45, 2.75) is 10.6 Å². The molecule has 126 valence electrons. The number of nitrogens with zero attached hydrogens (tertiary/aromatic N) is 1. The number of anilines is 1. The molecule has 5 nitrogen and oxygen atoms in total. The van der Waals surface area contributed by atoms with E-state index in [9.17, 15) is 14.7 Å². The van der Waals surface area contributed by atoms with Crippen molar-refractivity contribution in [1.29, 1.82) is 0 Å². The second-order valence-electron chi connectivity index (χ2n) is 5.17. The minimum absolute atomic E-state index is 0.142. The standard InChI is InChI=1S/C17H18N2O3S2/c1-4-11-5-7-12(8-6-11)9-23-13-10-24-15(14(13)16(20)21)18-17(22)19(2)3/h4-8,10H,1,9H2,2-3H3,(H,18,22)(H,20,21). The van der Waals surface area contributed by atoms with Gasteiger partial charge in [-0.2, -0.15) is 0 Å². The Labute approximate surface area is 149 Å². The summed E-state index contributed by atoms with van der Waals surface area (Å²) in [5, 5.41) is 14.2. The first-order chi connectivity index (χ1) is 11.4. The van der Waals surface area contributed by atoms with Gasteiger partial charge in [0.2, 0.25) is 0 Å². The Hall–Kier alpha value is -2.25. The molecule has 0 bridgehead atoms. The summed E-state index contributed by atoms with van der Waals surface area (Å²) >= 11 is 2.66. The van der Waals surface area contributed by atoms with Gasteiger partial charge in [0.05, 0.1) is 0 Å². The smallest absolute Gasteiger partial charge is 0.339 e. The fraction of sp³-hybridized carbons (Fsp3) is 0.176. The van der Waals surface area contributed by atoms with E-state index in [1.165, 1.54) is 28.0 Å². The van der Waals surface area contributed by atoms with Crippen molar-refractivity contribution in [3.63, 3.8) is 0 Å². The number of benzene rings is 1. The van der Waals surface area contributed by atoms with Crippen LogP contribution in [0.2, 0.25) is 0 Å². The molecule has 1 heterocycles. The van der Waals surface area contributed by atoms with Crippen LogP contribution in [-0.4, -0.2) is 36.1 Å². The molecule has 1 aromatic carbocycles. The zero-order valence-electron chi connectivity index (χ0n) is 13.4. The zero-order valence-corrected chi connectivity index (χ0v) is 15.0. The van der Waals surface area contributed by atoms with E-state index in [-0.39, 0.29) is 11.6 Å². The van der Waals surface area contributed by atoms with Crippen LogP contribution in [0.1, 0.15) is 21.5 Å². The van der Waals surface area contributed by atoms with Crippen LogP contribution in [0.5, 0.6) is 0 Å². The number of carboxylic acids is 1. The Morgan fingerprint density at radius 3 is 2.54 bits per heavy atom. The molecule has 7 heteroatoms. The van der Waals surface area contributed by atoms with E-state index in [1.807, 2.05) is 24.3 Å². The number of carbonyl (C=O) groups is 2. The summed E-state index contributed by atoms with van der Waals surface area (Å²) in [6.45, 7) is 3.72. The first kappa shape index (κ1) is 18.1. The summed E-state index contributed by atoms with van der Waals surface area (Å²) in [6, 6.07) is 7.57. The number of aromatic carboxylic acids is 1. The molecule has 0 fully saturated rings. The summed E-state index contributed by atoms with van der Waals surface area (Å²) in [5.74, 6) is -0.398. The minimum Gasteiger partial charge on any atom is -0.478 e. The molecule has 1 aromatic heterocycles. The van der Waals surface area contributed by atoms with Gasteiger partial charge in [-0.05, 0) is 11.1 Å². The number of thioether (sulfide) groups is 1. The molecule has 24 heavy (non-hydrogen) atoms. The molecule has 2 aromatic rings. The summed E-state index contributed by atoms with van der Waals surface area (Å²) in [6.07, 6.45) is 1.78. The van der Waals surface area contributed by atoms with Crippen molar-refractivity contribution in [3.05, 3.63) is 52.9 Å². The highest BCUT2D eigenvalue weighted by atomic mass is 32.2. The van der Waals surface area contributed by atoms with Crippen molar-refractivity contribution in [2.24, 2.45) is 0 Å². The van der Waals surface area contributed by atoms with E-state index >= 15 is 0 Å². The number of carbonyl (C=O) groups excluding carboxylic acids is 1. The van der Waals surface area contributed by atoms with Crippen molar-refractivity contribution in [3.8, 4) is 0 Å². The average molecular weight is 362 g/mol. The Bertz CT molecular complexity index is 752. The quantitative estimate of drug-likeness (QED) is 0.744. The minimum atomic E-state index is -1.05. The lowest BCUT2D eigenvalue weighted by atomic mass is 10.1. The van der Waals surface area contributed by atoms with Gasteiger partial charge in [-0.3, -0.25) is 5.32 Å². The lowest BCUT2D eigenvalue weighted by molar-refractivity contribution is 0.0695. The van der Waals surface area contributed by atoms with Gasteiger partial charge in [0, 0.05) is 30.1 Å². The van der Waals surface area contributed by atoms with Crippen LogP contribution in [0.15, 0.2) is 41.1 Å². The van der Waals surface area contributed by atoms with Crippen molar-refractivity contribution in [1.82, 2.24) is 4.90 Å². The van der Waals surface area contributed by atoms with Crippen molar-refractivity contribution in [2.75, 3.05) is 19.4 Å². The lowest BCUT2D eigenvalue weighted by Crippen LogP contribution is -2.27. The van der Waals surface area contributed by atoms with Gasteiger partial charge in [0.25, 0.3) is 0 Å². The number of thiophene rings is 1. The number of hydrogen-bond acceptors (Lipinski definition) is 4. The Balaban J connectivity index is 2.14. The van der Waals surface area contributed by atoms with Gasteiger partial charge >= 0.3 is 12.0 Å². The van der Waals surface area contributed by atoms with Crippen molar-refractivity contribution >= 4 is 46.2 Å². The maximum atomic E-state index is 11.7. The van der Waals surface area contributed by atoms with E-state index in [1.54, 1.807) is 25.6 Å². The molecular weight excluding hydrogens is 344 g/mol. The van der Waals surface area contributed by atoms with E-state index in [0.717, 1.165) is 11.1 Å². The Kier molecular flexibility index (Phi) is 6.05. The Morgan fingerprint density at radius 2 is 2.00 bits per heavy atom. The van der Waals surface area contributed by atoms with Crippen LogP contribution in [0, 0.1) is 0 Å². The fourth-order valence-electron chi connectivity index (χ4n) is 1.86. The molecule has 0 aliphatic heterocycles. The van der Waals surface area contributed by atoms with E-state index in [2.05, 4.69) is 11.9 Å². The van der Waals surface area contributed by atoms with Crippen LogP contribution in [0.3, 0.4) is 0 Å². The third kappa shape index (κ3) is 4.39. The predicted molar refractivity (Wildman–Crippen MR) is 100 cm³/mol. The summed E-state index contributed by atoms with van der Waals surface area (Å²) in [4.78, 5) is 25.3. The molecular formula is C17H18N2O3S2. The van der Waals surface area contributed by atoms with Crippen LogP contribution in [-0.2, 0) is 5.75 Å². The first-order valence-electron chi connectivity index (χ1n) is 7.09. The molecule has 0 saturated heterocycles. The topological polar surface area (TPSA) is 69.6 Å². The molecule has 0 unspecified atom stereocenters. The Morgan fingerprint density at radius 1 is 1.33 bits per heavy atom. The van der Waals surface area contributed by atoms with Gasteiger partial charge in [0.1, 0.15) is 10.6 Å². The molecule has 2 amide bonds. The average Bonchev–Trinajstić information content (AvgIpc) is 2.96. The van der Waals surface area contributed by atoms with Gasteiger partial charge in [-0.15, -0.1) is 23.1 Å². The molecule has 0 aliphatic carbocycles.